The second-order valence-electron chi connectivity index (χ2n) is 5.20. The maximum atomic E-state index is 12.5. The molecule has 2 rings (SSSR count). The summed E-state index contributed by atoms with van der Waals surface area (Å²) >= 11 is 5.98. The average molecular weight is 313 g/mol. The van der Waals surface area contributed by atoms with Crippen molar-refractivity contribution >= 4 is 23.5 Å². The number of piperidine rings is 1. The highest BCUT2D eigenvalue weighted by Gasteiger charge is 2.44. The molecule has 6 nitrogen and oxygen atoms in total. The summed E-state index contributed by atoms with van der Waals surface area (Å²) in [7, 11) is 1.46. The Morgan fingerprint density at radius 2 is 2.33 bits per heavy atom. The molecule has 0 saturated carbocycles. The number of hydrogen-bond acceptors (Lipinski definition) is 4. The summed E-state index contributed by atoms with van der Waals surface area (Å²) in [5.74, 6) is -1.22. The van der Waals surface area contributed by atoms with Crippen LogP contribution in [-0.2, 0) is 9.53 Å². The van der Waals surface area contributed by atoms with Crippen LogP contribution in [0.15, 0.2) is 18.5 Å². The van der Waals surface area contributed by atoms with Crippen molar-refractivity contribution in [1.29, 1.82) is 0 Å². The van der Waals surface area contributed by atoms with Crippen molar-refractivity contribution in [2.75, 3.05) is 26.8 Å². The smallest absolute Gasteiger partial charge is 0.313 e. The highest BCUT2D eigenvalue weighted by Crippen LogP contribution is 2.32. The van der Waals surface area contributed by atoms with E-state index in [2.05, 4.69) is 4.98 Å². The third-order valence-electron chi connectivity index (χ3n) is 3.74. The number of carbonyl (C=O) groups excluding carboxylic acids is 1. The van der Waals surface area contributed by atoms with Gasteiger partial charge in [-0.1, -0.05) is 11.6 Å². The molecule has 1 N–H and O–H groups in total. The fraction of sp³-hybridized carbons (Fsp3) is 0.500. The van der Waals surface area contributed by atoms with Crippen molar-refractivity contribution in [3.05, 3.63) is 29.0 Å². The van der Waals surface area contributed by atoms with Crippen molar-refractivity contribution in [2.24, 2.45) is 5.41 Å². The number of amides is 1. The van der Waals surface area contributed by atoms with Crippen LogP contribution in [0, 0.1) is 5.41 Å². The van der Waals surface area contributed by atoms with E-state index in [4.69, 9.17) is 16.3 Å². The molecule has 2 heterocycles. The van der Waals surface area contributed by atoms with Crippen LogP contribution in [0.5, 0.6) is 0 Å². The first-order valence-corrected chi connectivity index (χ1v) is 6.99. The van der Waals surface area contributed by atoms with E-state index < -0.39 is 11.4 Å². The highest BCUT2D eigenvalue weighted by atomic mass is 35.5. The number of carboxylic acid groups (broad SMARTS) is 1. The maximum Gasteiger partial charge on any atom is 0.313 e. The molecule has 114 valence electrons. The minimum atomic E-state index is -1.05. The number of carbonyl (C=O) groups is 2. The third-order valence-corrected chi connectivity index (χ3v) is 4.04. The number of aliphatic carboxylic acids is 1. The van der Waals surface area contributed by atoms with Gasteiger partial charge in [-0.2, -0.15) is 0 Å². The zero-order chi connectivity index (χ0) is 15.5. The van der Waals surface area contributed by atoms with Gasteiger partial charge in [-0.3, -0.25) is 14.6 Å². The molecule has 1 aromatic rings. The van der Waals surface area contributed by atoms with Gasteiger partial charge in [0.1, 0.15) is 5.41 Å². The van der Waals surface area contributed by atoms with Gasteiger partial charge in [-0.15, -0.1) is 0 Å². The number of rotatable bonds is 4. The van der Waals surface area contributed by atoms with Crippen LogP contribution in [0.1, 0.15) is 23.2 Å². The molecule has 1 aromatic heterocycles. The largest absolute Gasteiger partial charge is 0.481 e. The van der Waals surface area contributed by atoms with Gasteiger partial charge in [0.05, 0.1) is 17.2 Å². The zero-order valence-electron chi connectivity index (χ0n) is 11.7. The van der Waals surface area contributed by atoms with Crippen LogP contribution in [0.4, 0.5) is 0 Å². The van der Waals surface area contributed by atoms with Crippen molar-refractivity contribution < 1.29 is 19.4 Å². The predicted molar refractivity (Wildman–Crippen MR) is 76.3 cm³/mol. The number of likely N-dealkylation sites (tertiary alicyclic amines) is 1. The lowest BCUT2D eigenvalue weighted by Gasteiger charge is -2.39. The van der Waals surface area contributed by atoms with Crippen LogP contribution in [0.2, 0.25) is 5.02 Å². The number of methoxy groups -OCH3 is 1. The number of aromatic nitrogens is 1. The minimum Gasteiger partial charge on any atom is -0.481 e. The Morgan fingerprint density at radius 1 is 1.57 bits per heavy atom. The van der Waals surface area contributed by atoms with Gasteiger partial charge in [-0.25, -0.2) is 0 Å². The van der Waals surface area contributed by atoms with E-state index >= 15 is 0 Å². The van der Waals surface area contributed by atoms with E-state index in [1.807, 2.05) is 0 Å². The molecule has 1 aliphatic rings. The monoisotopic (exact) mass is 312 g/mol. The SMILES string of the molecule is COCC1(C(=O)O)CCCN(C(=O)c2ccncc2Cl)C1. The Balaban J connectivity index is 2.23. The van der Waals surface area contributed by atoms with Crippen LogP contribution in [0.25, 0.3) is 0 Å². The molecule has 1 aliphatic heterocycles. The summed E-state index contributed by atoms with van der Waals surface area (Å²) in [6, 6.07) is 1.54. The van der Waals surface area contributed by atoms with E-state index in [9.17, 15) is 14.7 Å². The van der Waals surface area contributed by atoms with Crippen LogP contribution in [0.3, 0.4) is 0 Å². The number of pyridine rings is 1. The van der Waals surface area contributed by atoms with Crippen LogP contribution >= 0.6 is 11.6 Å². The second-order valence-corrected chi connectivity index (χ2v) is 5.61. The molecule has 1 unspecified atom stereocenters. The van der Waals surface area contributed by atoms with Crippen LogP contribution in [-0.4, -0.2) is 53.7 Å². The topological polar surface area (TPSA) is 79.7 Å². The average Bonchev–Trinajstić information content (AvgIpc) is 2.47. The van der Waals surface area contributed by atoms with Gasteiger partial charge in [0, 0.05) is 32.6 Å². The van der Waals surface area contributed by atoms with Gasteiger partial charge < -0.3 is 14.7 Å². The van der Waals surface area contributed by atoms with Crippen LogP contribution < -0.4 is 0 Å². The summed E-state index contributed by atoms with van der Waals surface area (Å²) in [6.07, 6.45) is 4.00. The van der Waals surface area contributed by atoms with Gasteiger partial charge in [0.15, 0.2) is 0 Å². The summed E-state index contributed by atoms with van der Waals surface area (Å²) < 4.78 is 5.05. The van der Waals surface area contributed by atoms with E-state index in [-0.39, 0.29) is 24.1 Å². The lowest BCUT2D eigenvalue weighted by molar-refractivity contribution is -0.155. The molecule has 0 radical (unpaired) electrons. The standard InChI is InChI=1S/C14H17ClN2O4/c1-21-9-14(13(19)20)4-2-6-17(8-14)12(18)10-3-5-16-7-11(10)15/h3,5,7H,2,4,6,8-9H2,1H3,(H,19,20). The molecule has 1 fully saturated rings. The number of hydrogen-bond donors (Lipinski definition) is 1. The Labute approximate surface area is 127 Å². The third kappa shape index (κ3) is 3.16. The minimum absolute atomic E-state index is 0.0796. The molecule has 21 heavy (non-hydrogen) atoms. The number of ether oxygens (including phenoxy) is 1. The molecule has 1 amide bonds. The van der Waals surface area contributed by atoms with E-state index in [1.165, 1.54) is 30.5 Å². The first-order valence-electron chi connectivity index (χ1n) is 6.61. The summed E-state index contributed by atoms with van der Waals surface area (Å²) in [4.78, 5) is 29.5. The number of nitrogens with zero attached hydrogens (tertiary/aromatic N) is 2. The van der Waals surface area contributed by atoms with Crippen molar-refractivity contribution in [3.63, 3.8) is 0 Å². The molecule has 1 atom stereocenters. The maximum absolute atomic E-state index is 12.5. The number of halogens is 1. The molecule has 7 heteroatoms. The Bertz CT molecular complexity index is 548. The molecule has 1 saturated heterocycles. The van der Waals surface area contributed by atoms with Crippen molar-refractivity contribution in [1.82, 2.24) is 9.88 Å². The molecular weight excluding hydrogens is 296 g/mol. The fourth-order valence-corrected chi connectivity index (χ4v) is 2.85. The Kier molecular flexibility index (Phi) is 4.80. The molecule has 0 spiro atoms. The molecule has 0 aromatic carbocycles. The lowest BCUT2D eigenvalue weighted by Crippen LogP contribution is -2.52. The van der Waals surface area contributed by atoms with Crippen molar-refractivity contribution in [2.45, 2.75) is 12.8 Å². The zero-order valence-corrected chi connectivity index (χ0v) is 12.5. The van der Waals surface area contributed by atoms with Crippen molar-refractivity contribution in [3.8, 4) is 0 Å². The van der Waals surface area contributed by atoms with E-state index in [0.717, 1.165) is 0 Å². The fourth-order valence-electron chi connectivity index (χ4n) is 2.65. The molecule has 0 aliphatic carbocycles. The summed E-state index contributed by atoms with van der Waals surface area (Å²) in [5, 5.41) is 9.76. The normalized spacial score (nSPS) is 22.1. The Morgan fingerprint density at radius 3 is 2.95 bits per heavy atom. The lowest BCUT2D eigenvalue weighted by atomic mass is 9.80. The first-order chi connectivity index (χ1) is 10.00. The Hall–Kier alpha value is -1.66. The molecular formula is C14H17ClN2O4. The first kappa shape index (κ1) is 15.7. The van der Waals surface area contributed by atoms with Gasteiger partial charge in [0.25, 0.3) is 5.91 Å². The van der Waals surface area contributed by atoms with Gasteiger partial charge in [0.2, 0.25) is 0 Å². The van der Waals surface area contributed by atoms with E-state index in [0.29, 0.717) is 24.9 Å². The summed E-state index contributed by atoms with van der Waals surface area (Å²) in [6.45, 7) is 0.708. The second kappa shape index (κ2) is 6.41. The number of carboxylic acids is 1. The van der Waals surface area contributed by atoms with E-state index in [1.54, 1.807) is 0 Å². The van der Waals surface area contributed by atoms with Gasteiger partial charge >= 0.3 is 5.97 Å². The predicted octanol–water partition coefficient (Wildman–Crippen LogP) is 1.69. The quantitative estimate of drug-likeness (QED) is 0.915. The molecule has 0 bridgehead atoms. The van der Waals surface area contributed by atoms with Gasteiger partial charge in [-0.05, 0) is 18.9 Å². The summed E-state index contributed by atoms with van der Waals surface area (Å²) in [5.41, 5.74) is -0.715. The highest BCUT2D eigenvalue weighted by molar-refractivity contribution is 6.33.